The fraction of sp³-hybridized carbons (Fsp3) is 0.692. The van der Waals surface area contributed by atoms with E-state index in [0.717, 1.165) is 31.1 Å². The summed E-state index contributed by atoms with van der Waals surface area (Å²) in [4.78, 5) is 10.8. The monoisotopic (exact) mass is 269 g/mol. The summed E-state index contributed by atoms with van der Waals surface area (Å²) in [6.07, 6.45) is 3.96. The summed E-state index contributed by atoms with van der Waals surface area (Å²) < 4.78 is 5.73. The normalized spacial score (nSPS) is 20.3. The van der Waals surface area contributed by atoms with E-state index in [0.29, 0.717) is 17.8 Å². The summed E-state index contributed by atoms with van der Waals surface area (Å²) in [7, 11) is 2.07. The van der Waals surface area contributed by atoms with E-state index in [1.165, 1.54) is 12.8 Å². The molecule has 2 rings (SSSR count). The lowest BCUT2D eigenvalue weighted by Crippen LogP contribution is -2.33. The molecular weight excluding hydrogens is 250 g/mol. The zero-order valence-electron chi connectivity index (χ0n) is 11.0. The van der Waals surface area contributed by atoms with E-state index in [9.17, 15) is 0 Å². The van der Waals surface area contributed by atoms with Crippen LogP contribution in [0.5, 0.6) is 0 Å². The fourth-order valence-electron chi connectivity index (χ4n) is 2.26. The van der Waals surface area contributed by atoms with Crippen molar-refractivity contribution in [3.63, 3.8) is 0 Å². The second-order valence-corrected chi connectivity index (χ2v) is 5.32. The lowest BCUT2D eigenvalue weighted by atomic mass is 10.1. The van der Waals surface area contributed by atoms with Crippen LogP contribution >= 0.6 is 11.6 Å². The van der Waals surface area contributed by atoms with Crippen LogP contribution in [0.15, 0.2) is 6.07 Å². The third-order valence-corrected chi connectivity index (χ3v) is 3.26. The van der Waals surface area contributed by atoms with E-state index >= 15 is 0 Å². The van der Waals surface area contributed by atoms with Crippen molar-refractivity contribution < 1.29 is 4.74 Å². The molecule has 1 fully saturated rings. The van der Waals surface area contributed by atoms with Crippen molar-refractivity contribution in [1.82, 2.24) is 14.9 Å². The van der Waals surface area contributed by atoms with Crippen LogP contribution in [-0.4, -0.2) is 41.2 Å². The Morgan fingerprint density at radius 3 is 2.94 bits per heavy atom. The Morgan fingerprint density at radius 2 is 2.28 bits per heavy atom. The summed E-state index contributed by atoms with van der Waals surface area (Å²) in [6.45, 7) is 4.46. The van der Waals surface area contributed by atoms with E-state index in [1.807, 2.05) is 6.92 Å². The number of nitrogens with zero attached hydrogens (tertiary/aromatic N) is 3. The standard InChI is InChI=1S/C13H20ClN3O/c1-10-7-12(14)16-13(15-10)9-17(2)8-11-5-3-4-6-18-11/h7,11H,3-6,8-9H2,1-2H3. The summed E-state index contributed by atoms with van der Waals surface area (Å²) in [5, 5.41) is 0.514. The molecule has 0 amide bonds. The van der Waals surface area contributed by atoms with Crippen molar-refractivity contribution in [2.75, 3.05) is 20.2 Å². The third-order valence-electron chi connectivity index (χ3n) is 3.07. The van der Waals surface area contributed by atoms with Gasteiger partial charge in [-0.15, -0.1) is 0 Å². The molecule has 1 aromatic rings. The molecule has 0 N–H and O–H groups in total. The zero-order valence-corrected chi connectivity index (χ0v) is 11.8. The molecule has 1 aliphatic rings. The summed E-state index contributed by atoms with van der Waals surface area (Å²) in [5.41, 5.74) is 0.910. The Hall–Kier alpha value is -0.710. The van der Waals surface area contributed by atoms with Gasteiger partial charge in [0.25, 0.3) is 0 Å². The molecule has 1 atom stereocenters. The second-order valence-electron chi connectivity index (χ2n) is 4.93. The van der Waals surface area contributed by atoms with Crippen LogP contribution in [0.2, 0.25) is 5.15 Å². The molecule has 2 heterocycles. The van der Waals surface area contributed by atoms with Gasteiger partial charge in [-0.05, 0) is 39.3 Å². The minimum Gasteiger partial charge on any atom is -0.377 e. The first-order valence-electron chi connectivity index (χ1n) is 6.43. The van der Waals surface area contributed by atoms with Crippen LogP contribution in [0.3, 0.4) is 0 Å². The summed E-state index contributed by atoms with van der Waals surface area (Å²) >= 11 is 5.93. The van der Waals surface area contributed by atoms with E-state index < -0.39 is 0 Å². The molecule has 4 nitrogen and oxygen atoms in total. The molecule has 18 heavy (non-hydrogen) atoms. The number of aryl methyl sites for hydroxylation is 1. The highest BCUT2D eigenvalue weighted by atomic mass is 35.5. The van der Waals surface area contributed by atoms with Crippen LogP contribution in [0.1, 0.15) is 30.8 Å². The second kappa shape index (κ2) is 6.45. The van der Waals surface area contributed by atoms with Crippen molar-refractivity contribution in [2.45, 2.75) is 38.8 Å². The van der Waals surface area contributed by atoms with Crippen molar-refractivity contribution in [1.29, 1.82) is 0 Å². The van der Waals surface area contributed by atoms with Crippen LogP contribution in [0.25, 0.3) is 0 Å². The molecule has 0 aliphatic carbocycles. The number of hydrogen-bond acceptors (Lipinski definition) is 4. The largest absolute Gasteiger partial charge is 0.377 e. The molecule has 100 valence electrons. The van der Waals surface area contributed by atoms with Crippen molar-refractivity contribution in [3.05, 3.63) is 22.7 Å². The molecule has 0 radical (unpaired) electrons. The highest BCUT2D eigenvalue weighted by molar-refractivity contribution is 6.29. The first-order chi connectivity index (χ1) is 8.63. The Balaban J connectivity index is 1.87. The topological polar surface area (TPSA) is 38.2 Å². The predicted molar refractivity (Wildman–Crippen MR) is 71.7 cm³/mol. The van der Waals surface area contributed by atoms with Gasteiger partial charge in [-0.25, -0.2) is 9.97 Å². The quantitative estimate of drug-likeness (QED) is 0.787. The maximum Gasteiger partial charge on any atom is 0.144 e. The highest BCUT2D eigenvalue weighted by Crippen LogP contribution is 2.14. The number of rotatable bonds is 4. The molecule has 1 aromatic heterocycles. The molecule has 0 bridgehead atoms. The Morgan fingerprint density at radius 1 is 1.44 bits per heavy atom. The third kappa shape index (κ3) is 4.19. The van der Waals surface area contributed by atoms with Crippen LogP contribution in [0, 0.1) is 6.92 Å². The van der Waals surface area contributed by atoms with E-state index in [1.54, 1.807) is 6.07 Å². The van der Waals surface area contributed by atoms with Gasteiger partial charge in [0, 0.05) is 18.8 Å². The maximum absolute atomic E-state index is 5.93. The first-order valence-corrected chi connectivity index (χ1v) is 6.81. The lowest BCUT2D eigenvalue weighted by molar-refractivity contribution is -0.00292. The van der Waals surface area contributed by atoms with Crippen molar-refractivity contribution in [3.8, 4) is 0 Å². The van der Waals surface area contributed by atoms with Gasteiger partial charge in [-0.1, -0.05) is 11.6 Å². The van der Waals surface area contributed by atoms with Gasteiger partial charge in [-0.3, -0.25) is 4.90 Å². The average Bonchev–Trinajstić information content (AvgIpc) is 2.28. The van der Waals surface area contributed by atoms with Crippen molar-refractivity contribution >= 4 is 11.6 Å². The molecule has 1 saturated heterocycles. The molecule has 5 heteroatoms. The Kier molecular flexibility index (Phi) is 4.92. The van der Waals surface area contributed by atoms with Crippen LogP contribution < -0.4 is 0 Å². The first kappa shape index (κ1) is 13.7. The summed E-state index contributed by atoms with van der Waals surface area (Å²) in [5.74, 6) is 0.776. The number of ether oxygens (including phenoxy) is 1. The zero-order chi connectivity index (χ0) is 13.0. The summed E-state index contributed by atoms with van der Waals surface area (Å²) in [6, 6.07) is 1.77. The number of aromatic nitrogens is 2. The minimum atomic E-state index is 0.351. The van der Waals surface area contributed by atoms with E-state index in [2.05, 4.69) is 21.9 Å². The molecule has 0 spiro atoms. The van der Waals surface area contributed by atoms with E-state index in [-0.39, 0.29) is 0 Å². The van der Waals surface area contributed by atoms with Crippen molar-refractivity contribution in [2.24, 2.45) is 0 Å². The molecule has 0 saturated carbocycles. The van der Waals surface area contributed by atoms with Gasteiger partial charge in [0.1, 0.15) is 11.0 Å². The van der Waals surface area contributed by atoms with Crippen LogP contribution in [-0.2, 0) is 11.3 Å². The minimum absolute atomic E-state index is 0.351. The Bertz CT molecular complexity index is 374. The van der Waals surface area contributed by atoms with Gasteiger partial charge in [0.2, 0.25) is 0 Å². The number of likely N-dealkylation sites (N-methyl/N-ethyl adjacent to an activating group) is 1. The van der Waals surface area contributed by atoms with Gasteiger partial charge in [-0.2, -0.15) is 0 Å². The number of halogens is 1. The average molecular weight is 270 g/mol. The highest BCUT2D eigenvalue weighted by Gasteiger charge is 2.16. The predicted octanol–water partition coefficient (Wildman–Crippen LogP) is 2.44. The van der Waals surface area contributed by atoms with Gasteiger partial charge in [0.05, 0.1) is 12.6 Å². The lowest BCUT2D eigenvalue weighted by Gasteiger charge is -2.27. The van der Waals surface area contributed by atoms with Gasteiger partial charge in [0.15, 0.2) is 0 Å². The van der Waals surface area contributed by atoms with Gasteiger partial charge >= 0.3 is 0 Å². The SMILES string of the molecule is Cc1cc(Cl)nc(CN(C)CC2CCCCO2)n1. The number of hydrogen-bond donors (Lipinski definition) is 0. The van der Waals surface area contributed by atoms with Gasteiger partial charge < -0.3 is 4.74 Å². The molecule has 0 aromatic carbocycles. The smallest absolute Gasteiger partial charge is 0.144 e. The van der Waals surface area contributed by atoms with Crippen LogP contribution in [0.4, 0.5) is 0 Å². The molecule has 1 aliphatic heterocycles. The fourth-order valence-corrected chi connectivity index (χ4v) is 2.52. The molecular formula is C13H20ClN3O. The van der Waals surface area contributed by atoms with E-state index in [4.69, 9.17) is 16.3 Å². The maximum atomic E-state index is 5.93. The Labute approximate surface area is 113 Å². The molecule has 1 unspecified atom stereocenters.